The van der Waals surface area contributed by atoms with Crippen LogP contribution in [-0.2, 0) is 18.3 Å². The molecule has 8 heteroatoms. The van der Waals surface area contributed by atoms with Crippen molar-refractivity contribution in [1.29, 1.82) is 0 Å². The van der Waals surface area contributed by atoms with E-state index in [1.54, 1.807) is 0 Å². The van der Waals surface area contributed by atoms with E-state index in [4.69, 9.17) is 16.6 Å². The van der Waals surface area contributed by atoms with Gasteiger partial charge >= 0.3 is 5.97 Å². The standard InChI is InChI=1S/C24H19ClN4O2S/c1-12-8-18-23(22(16(12)10-21(30)31)14-4-6-15(25)7-5-14)32-24(27-18)19-9-17-13(2)28-29(3)20(17)11-26-19/h4-9,11H,10H2,1-3H3,(H,30,31). The molecule has 3 heterocycles. The molecule has 3 aromatic heterocycles. The summed E-state index contributed by atoms with van der Waals surface area (Å²) in [7, 11) is 1.90. The summed E-state index contributed by atoms with van der Waals surface area (Å²) in [5, 5.41) is 16.5. The lowest BCUT2D eigenvalue weighted by molar-refractivity contribution is -0.136. The number of rotatable bonds is 4. The van der Waals surface area contributed by atoms with Crippen molar-refractivity contribution in [1.82, 2.24) is 19.7 Å². The van der Waals surface area contributed by atoms with Gasteiger partial charge in [-0.1, -0.05) is 23.7 Å². The molecule has 0 aliphatic carbocycles. The number of carbonyl (C=O) groups is 1. The van der Waals surface area contributed by atoms with E-state index in [2.05, 4.69) is 10.1 Å². The molecule has 0 atom stereocenters. The minimum Gasteiger partial charge on any atom is -0.481 e. The van der Waals surface area contributed by atoms with Crippen LogP contribution in [-0.4, -0.2) is 30.8 Å². The van der Waals surface area contributed by atoms with Gasteiger partial charge in [-0.25, -0.2) is 4.98 Å². The van der Waals surface area contributed by atoms with Crippen molar-refractivity contribution < 1.29 is 9.90 Å². The minimum atomic E-state index is -0.869. The van der Waals surface area contributed by atoms with Crippen LogP contribution in [0.15, 0.2) is 42.6 Å². The molecule has 1 N–H and O–H groups in total. The summed E-state index contributed by atoms with van der Waals surface area (Å²) in [6, 6.07) is 11.5. The van der Waals surface area contributed by atoms with E-state index in [0.29, 0.717) is 5.02 Å². The third-order valence-electron chi connectivity index (χ3n) is 5.61. The molecule has 0 spiro atoms. The first-order valence-corrected chi connectivity index (χ1v) is 11.2. The highest BCUT2D eigenvalue weighted by atomic mass is 35.5. The molecule has 6 nitrogen and oxygen atoms in total. The smallest absolute Gasteiger partial charge is 0.307 e. The first kappa shape index (κ1) is 20.6. The lowest BCUT2D eigenvalue weighted by Gasteiger charge is -2.13. The topological polar surface area (TPSA) is 80.9 Å². The van der Waals surface area contributed by atoms with Gasteiger partial charge in [0.2, 0.25) is 0 Å². The molecule has 0 bridgehead atoms. The van der Waals surface area contributed by atoms with Crippen LogP contribution in [0.2, 0.25) is 5.02 Å². The Balaban J connectivity index is 1.76. The Morgan fingerprint density at radius 2 is 1.94 bits per heavy atom. The second-order valence-corrected chi connectivity index (χ2v) is 9.22. The summed E-state index contributed by atoms with van der Waals surface area (Å²) < 4.78 is 2.76. The first-order valence-electron chi connectivity index (χ1n) is 10.0. The summed E-state index contributed by atoms with van der Waals surface area (Å²) in [6.45, 7) is 3.91. The number of pyridine rings is 1. The zero-order chi connectivity index (χ0) is 22.6. The summed E-state index contributed by atoms with van der Waals surface area (Å²) >= 11 is 7.62. The Hall–Kier alpha value is -3.29. The van der Waals surface area contributed by atoms with Gasteiger partial charge in [0, 0.05) is 23.0 Å². The van der Waals surface area contributed by atoms with Gasteiger partial charge in [0.1, 0.15) is 5.01 Å². The van der Waals surface area contributed by atoms with Gasteiger partial charge in [-0.15, -0.1) is 11.3 Å². The number of aryl methyl sites for hydroxylation is 3. The first-order chi connectivity index (χ1) is 15.3. The van der Waals surface area contributed by atoms with Gasteiger partial charge in [0.05, 0.1) is 39.7 Å². The van der Waals surface area contributed by atoms with E-state index >= 15 is 0 Å². The number of fused-ring (bicyclic) bond motifs is 2. The molecular weight excluding hydrogens is 444 g/mol. The molecule has 0 radical (unpaired) electrons. The summed E-state index contributed by atoms with van der Waals surface area (Å²) in [6.07, 6.45) is 1.75. The van der Waals surface area contributed by atoms with Crippen LogP contribution in [0.3, 0.4) is 0 Å². The van der Waals surface area contributed by atoms with E-state index < -0.39 is 5.97 Å². The molecular formula is C24H19ClN4O2S. The van der Waals surface area contributed by atoms with Crippen LogP contribution < -0.4 is 0 Å². The number of benzene rings is 2. The number of aliphatic carboxylic acids is 1. The normalized spacial score (nSPS) is 11.5. The third-order valence-corrected chi connectivity index (χ3v) is 6.98. The van der Waals surface area contributed by atoms with Gasteiger partial charge in [-0.05, 0) is 54.8 Å². The van der Waals surface area contributed by atoms with E-state index in [9.17, 15) is 9.90 Å². The number of carboxylic acid groups (broad SMARTS) is 1. The Kier molecular flexibility index (Phi) is 4.95. The molecule has 0 aliphatic heterocycles. The number of thiazole rings is 1. The van der Waals surface area contributed by atoms with Gasteiger partial charge in [0.15, 0.2) is 0 Å². The van der Waals surface area contributed by atoms with Crippen LogP contribution in [0.4, 0.5) is 0 Å². The van der Waals surface area contributed by atoms with Gasteiger partial charge < -0.3 is 5.11 Å². The maximum Gasteiger partial charge on any atom is 0.307 e. The number of halogens is 1. The molecule has 0 aliphatic rings. The number of hydrogen-bond acceptors (Lipinski definition) is 5. The lowest BCUT2D eigenvalue weighted by atomic mass is 9.93. The highest BCUT2D eigenvalue weighted by molar-refractivity contribution is 7.22. The molecule has 0 unspecified atom stereocenters. The maximum absolute atomic E-state index is 11.6. The predicted octanol–water partition coefficient (Wildman–Crippen LogP) is 5.81. The van der Waals surface area contributed by atoms with Crippen molar-refractivity contribution in [3.05, 3.63) is 64.4 Å². The van der Waals surface area contributed by atoms with Crippen molar-refractivity contribution >= 4 is 50.0 Å². The van der Waals surface area contributed by atoms with Crippen molar-refractivity contribution in [2.24, 2.45) is 7.05 Å². The van der Waals surface area contributed by atoms with Crippen molar-refractivity contribution in [2.75, 3.05) is 0 Å². The van der Waals surface area contributed by atoms with Crippen molar-refractivity contribution in [3.8, 4) is 21.8 Å². The van der Waals surface area contributed by atoms with Crippen LogP contribution in [0, 0.1) is 13.8 Å². The lowest BCUT2D eigenvalue weighted by Crippen LogP contribution is -2.04. The monoisotopic (exact) mass is 462 g/mol. The zero-order valence-electron chi connectivity index (χ0n) is 17.7. The van der Waals surface area contributed by atoms with Gasteiger partial charge in [0.25, 0.3) is 0 Å². The highest BCUT2D eigenvalue weighted by Crippen LogP contribution is 2.41. The van der Waals surface area contributed by atoms with Crippen LogP contribution in [0.5, 0.6) is 0 Å². The SMILES string of the molecule is Cc1cc2nc(-c3cc4c(C)nn(C)c4cn3)sc2c(-c2ccc(Cl)cc2)c1CC(=O)O. The quantitative estimate of drug-likeness (QED) is 0.364. The Labute approximate surface area is 193 Å². The molecule has 5 aromatic rings. The number of hydrogen-bond donors (Lipinski definition) is 1. The summed E-state index contributed by atoms with van der Waals surface area (Å²) in [5.74, 6) is -0.869. The van der Waals surface area contributed by atoms with Gasteiger partial charge in [-0.2, -0.15) is 5.10 Å². The molecule has 32 heavy (non-hydrogen) atoms. The van der Waals surface area contributed by atoms with Crippen LogP contribution in [0.1, 0.15) is 16.8 Å². The van der Waals surface area contributed by atoms with Gasteiger partial charge in [-0.3, -0.25) is 14.5 Å². The van der Waals surface area contributed by atoms with Crippen LogP contribution >= 0.6 is 22.9 Å². The second kappa shape index (κ2) is 7.69. The minimum absolute atomic E-state index is 0.0634. The Morgan fingerprint density at radius 1 is 1.19 bits per heavy atom. The van der Waals surface area contributed by atoms with E-state index in [-0.39, 0.29) is 6.42 Å². The average molecular weight is 463 g/mol. The maximum atomic E-state index is 11.6. The number of aromatic nitrogens is 4. The Bertz CT molecular complexity index is 1520. The number of carboxylic acids is 1. The van der Waals surface area contributed by atoms with Crippen LogP contribution in [0.25, 0.3) is 42.9 Å². The fraction of sp³-hybridized carbons (Fsp3) is 0.167. The van der Waals surface area contributed by atoms with E-state index in [1.807, 2.05) is 68.2 Å². The largest absolute Gasteiger partial charge is 0.481 e. The fourth-order valence-corrected chi connectivity index (χ4v) is 5.32. The zero-order valence-corrected chi connectivity index (χ0v) is 19.3. The molecule has 0 saturated heterocycles. The van der Waals surface area contributed by atoms with Crippen molar-refractivity contribution in [2.45, 2.75) is 20.3 Å². The number of nitrogens with zero attached hydrogens (tertiary/aromatic N) is 4. The highest BCUT2D eigenvalue weighted by Gasteiger charge is 2.20. The van der Waals surface area contributed by atoms with E-state index in [1.165, 1.54) is 11.3 Å². The predicted molar refractivity (Wildman–Crippen MR) is 128 cm³/mol. The van der Waals surface area contributed by atoms with E-state index in [0.717, 1.165) is 59.8 Å². The molecule has 0 amide bonds. The fourth-order valence-electron chi connectivity index (χ4n) is 4.09. The third kappa shape index (κ3) is 3.43. The molecule has 2 aromatic carbocycles. The second-order valence-electron chi connectivity index (χ2n) is 7.79. The molecule has 0 fully saturated rings. The average Bonchev–Trinajstić information content (AvgIpc) is 3.29. The molecule has 0 saturated carbocycles. The summed E-state index contributed by atoms with van der Waals surface area (Å²) in [4.78, 5) is 21.1. The van der Waals surface area contributed by atoms with Crippen molar-refractivity contribution in [3.63, 3.8) is 0 Å². The Morgan fingerprint density at radius 3 is 2.66 bits per heavy atom. The summed E-state index contributed by atoms with van der Waals surface area (Å²) in [5.41, 5.74) is 6.99. The molecule has 5 rings (SSSR count). The molecule has 160 valence electrons.